The molecule has 2 heterocycles. The van der Waals surface area contributed by atoms with Crippen LogP contribution < -0.4 is 4.72 Å². The largest absolute Gasteiger partial charge is 0.385 e. The van der Waals surface area contributed by atoms with Crippen LogP contribution in [0.2, 0.25) is 0 Å². The van der Waals surface area contributed by atoms with Crippen LogP contribution >= 0.6 is 0 Å². The maximum absolute atomic E-state index is 12.4. The summed E-state index contributed by atoms with van der Waals surface area (Å²) in [6.07, 6.45) is 4.00. The molecule has 1 aromatic heterocycles. The smallest absolute Gasteiger partial charge is 0.244 e. The van der Waals surface area contributed by atoms with Crippen LogP contribution in [0.4, 0.5) is 0 Å². The molecule has 0 bridgehead atoms. The Morgan fingerprint density at radius 3 is 2.83 bits per heavy atom. The zero-order valence-corrected chi connectivity index (χ0v) is 14.6. The average molecular weight is 344 g/mol. The summed E-state index contributed by atoms with van der Waals surface area (Å²) in [5.41, 5.74) is 0.201. The Hall–Kier alpha value is -1.45. The summed E-state index contributed by atoms with van der Waals surface area (Å²) in [5.74, 6) is -0.0670. The molecule has 8 nitrogen and oxygen atoms in total. The minimum absolute atomic E-state index is 0.0670. The number of methoxy groups -OCH3 is 1. The third kappa shape index (κ3) is 5.02. The highest BCUT2D eigenvalue weighted by atomic mass is 32.2. The van der Waals surface area contributed by atoms with E-state index in [2.05, 4.69) is 9.82 Å². The van der Waals surface area contributed by atoms with Crippen LogP contribution in [0, 0.1) is 6.92 Å². The van der Waals surface area contributed by atoms with Gasteiger partial charge in [0.2, 0.25) is 15.9 Å². The van der Waals surface area contributed by atoms with E-state index in [4.69, 9.17) is 4.74 Å². The summed E-state index contributed by atoms with van der Waals surface area (Å²) in [7, 11) is -1.79. The number of hydrogen-bond donors (Lipinski definition) is 1. The summed E-state index contributed by atoms with van der Waals surface area (Å²) in [6, 6.07) is 1.84. The van der Waals surface area contributed by atoms with E-state index in [1.54, 1.807) is 22.9 Å². The third-order valence-corrected chi connectivity index (χ3v) is 4.77. The number of nitrogens with zero attached hydrogens (tertiary/aromatic N) is 3. The van der Waals surface area contributed by atoms with E-state index in [9.17, 15) is 13.2 Å². The third-order valence-electron chi connectivity index (χ3n) is 3.96. The van der Waals surface area contributed by atoms with Crippen LogP contribution in [0.5, 0.6) is 0 Å². The first-order valence-corrected chi connectivity index (χ1v) is 9.38. The van der Waals surface area contributed by atoms with Gasteiger partial charge in [-0.2, -0.15) is 5.10 Å². The number of carbonyl (C=O) groups is 1. The van der Waals surface area contributed by atoms with Gasteiger partial charge >= 0.3 is 0 Å². The number of ether oxygens (including phenoxy) is 1. The summed E-state index contributed by atoms with van der Waals surface area (Å²) in [4.78, 5) is 14.1. The van der Waals surface area contributed by atoms with E-state index in [1.807, 2.05) is 13.0 Å². The van der Waals surface area contributed by atoms with Gasteiger partial charge in [-0.25, -0.2) is 13.1 Å². The summed E-state index contributed by atoms with van der Waals surface area (Å²) < 4.78 is 32.7. The lowest BCUT2D eigenvalue weighted by molar-refractivity contribution is -0.131. The second-order valence-corrected chi connectivity index (χ2v) is 7.87. The molecule has 1 saturated heterocycles. The van der Waals surface area contributed by atoms with Crippen molar-refractivity contribution in [1.29, 1.82) is 0 Å². The fourth-order valence-electron chi connectivity index (χ4n) is 2.90. The van der Waals surface area contributed by atoms with Crippen LogP contribution in [0.1, 0.15) is 18.5 Å². The zero-order valence-electron chi connectivity index (χ0n) is 13.8. The molecule has 0 saturated carbocycles. The van der Waals surface area contributed by atoms with Crippen molar-refractivity contribution in [2.75, 3.05) is 33.1 Å². The topological polar surface area (TPSA) is 93.5 Å². The second kappa shape index (κ2) is 6.98. The normalized spacial score (nSPS) is 21.8. The number of hydrogen-bond acceptors (Lipinski definition) is 5. The first-order chi connectivity index (χ1) is 10.7. The van der Waals surface area contributed by atoms with Gasteiger partial charge in [-0.1, -0.05) is 0 Å². The van der Waals surface area contributed by atoms with Crippen molar-refractivity contribution in [3.05, 3.63) is 18.0 Å². The average Bonchev–Trinajstić information content (AvgIpc) is 3.02. The van der Waals surface area contributed by atoms with Crippen molar-refractivity contribution < 1.29 is 17.9 Å². The minimum atomic E-state index is -3.36. The maximum Gasteiger partial charge on any atom is 0.244 e. The van der Waals surface area contributed by atoms with Gasteiger partial charge in [0.15, 0.2) is 0 Å². The van der Waals surface area contributed by atoms with Crippen molar-refractivity contribution in [3.63, 3.8) is 0 Å². The molecular formula is C14H24N4O4S. The number of amides is 1. The molecule has 1 amide bonds. The van der Waals surface area contributed by atoms with Gasteiger partial charge in [0.1, 0.15) is 6.54 Å². The Labute approximate surface area is 136 Å². The highest BCUT2D eigenvalue weighted by Gasteiger charge is 2.41. The molecule has 23 heavy (non-hydrogen) atoms. The van der Waals surface area contributed by atoms with Gasteiger partial charge in [0, 0.05) is 33.0 Å². The highest BCUT2D eigenvalue weighted by Crippen LogP contribution is 2.26. The number of carbonyl (C=O) groups excluding carboxylic acids is 1. The molecule has 0 spiro atoms. The van der Waals surface area contributed by atoms with E-state index in [-0.39, 0.29) is 12.5 Å². The van der Waals surface area contributed by atoms with Gasteiger partial charge in [-0.15, -0.1) is 0 Å². The number of nitrogens with one attached hydrogen (secondary N) is 1. The molecule has 1 unspecified atom stereocenters. The van der Waals surface area contributed by atoms with Gasteiger partial charge < -0.3 is 9.64 Å². The molecule has 1 fully saturated rings. The summed E-state index contributed by atoms with van der Waals surface area (Å²) >= 11 is 0. The van der Waals surface area contributed by atoms with Crippen molar-refractivity contribution in [2.45, 2.75) is 31.8 Å². The molecule has 0 aliphatic carbocycles. The Bertz CT molecular complexity index is 657. The lowest BCUT2D eigenvalue weighted by atomic mass is 9.96. The lowest BCUT2D eigenvalue weighted by Crippen LogP contribution is -2.51. The number of likely N-dealkylation sites (tertiary alicyclic amines) is 1. The SMILES string of the molecule is COCCC1(NS(C)(=O)=O)CCN(C(=O)Cn2ccc(C)n2)C1. The van der Waals surface area contributed by atoms with Crippen LogP contribution in [0.15, 0.2) is 12.3 Å². The number of rotatable bonds is 7. The molecule has 9 heteroatoms. The van der Waals surface area contributed by atoms with Crippen molar-refractivity contribution in [2.24, 2.45) is 0 Å². The van der Waals surface area contributed by atoms with E-state index in [0.717, 1.165) is 11.9 Å². The van der Waals surface area contributed by atoms with Crippen LogP contribution in [-0.4, -0.2) is 67.6 Å². The van der Waals surface area contributed by atoms with Gasteiger partial charge in [-0.3, -0.25) is 9.48 Å². The highest BCUT2D eigenvalue weighted by molar-refractivity contribution is 7.88. The standard InChI is InChI=1S/C14H24N4O4S/c1-12-4-7-18(15-12)10-13(19)17-8-5-14(11-17,6-9-22-2)16-23(3,20)21/h4,7,16H,5-6,8-11H2,1-3H3. The quantitative estimate of drug-likeness (QED) is 0.736. The first-order valence-electron chi connectivity index (χ1n) is 7.49. The fourth-order valence-corrected chi connectivity index (χ4v) is 3.96. The van der Waals surface area contributed by atoms with E-state index in [1.165, 1.54) is 0 Å². The Balaban J connectivity index is 2.04. The maximum atomic E-state index is 12.4. The molecule has 1 atom stereocenters. The molecule has 1 aliphatic rings. The number of aryl methyl sites for hydroxylation is 1. The molecular weight excluding hydrogens is 320 g/mol. The number of aromatic nitrogens is 2. The van der Waals surface area contributed by atoms with Gasteiger partial charge in [0.25, 0.3) is 0 Å². The monoisotopic (exact) mass is 344 g/mol. The van der Waals surface area contributed by atoms with Gasteiger partial charge in [0.05, 0.1) is 17.5 Å². The van der Waals surface area contributed by atoms with Crippen LogP contribution in [-0.2, 0) is 26.1 Å². The molecule has 1 aliphatic heterocycles. The van der Waals surface area contributed by atoms with E-state index < -0.39 is 15.6 Å². The zero-order chi connectivity index (χ0) is 17.1. The predicted octanol–water partition coefficient (Wildman–Crippen LogP) is -0.252. The molecule has 0 radical (unpaired) electrons. The first kappa shape index (κ1) is 17.9. The molecule has 1 N–H and O–H groups in total. The van der Waals surface area contributed by atoms with Crippen molar-refractivity contribution in [3.8, 4) is 0 Å². The van der Waals surface area contributed by atoms with E-state index >= 15 is 0 Å². The molecule has 0 aromatic carbocycles. The lowest BCUT2D eigenvalue weighted by Gasteiger charge is -2.29. The van der Waals surface area contributed by atoms with Gasteiger partial charge in [-0.05, 0) is 25.8 Å². The van der Waals surface area contributed by atoms with Crippen LogP contribution in [0.25, 0.3) is 0 Å². The van der Waals surface area contributed by atoms with Crippen molar-refractivity contribution in [1.82, 2.24) is 19.4 Å². The summed E-state index contributed by atoms with van der Waals surface area (Å²) in [5, 5.41) is 4.21. The van der Waals surface area contributed by atoms with Crippen LogP contribution in [0.3, 0.4) is 0 Å². The fraction of sp³-hybridized carbons (Fsp3) is 0.714. The predicted molar refractivity (Wildman–Crippen MR) is 85.4 cm³/mol. The molecule has 1 aromatic rings. The second-order valence-electron chi connectivity index (χ2n) is 6.12. The molecule has 2 rings (SSSR count). The Morgan fingerprint density at radius 1 is 1.52 bits per heavy atom. The Morgan fingerprint density at radius 2 is 2.26 bits per heavy atom. The molecule has 130 valence electrons. The minimum Gasteiger partial charge on any atom is -0.385 e. The number of sulfonamides is 1. The van der Waals surface area contributed by atoms with E-state index in [0.29, 0.717) is 32.5 Å². The summed E-state index contributed by atoms with van der Waals surface area (Å²) in [6.45, 7) is 3.33. The Kier molecular flexibility index (Phi) is 5.43. The van der Waals surface area contributed by atoms with Crippen molar-refractivity contribution >= 4 is 15.9 Å².